The van der Waals surface area contributed by atoms with Crippen molar-refractivity contribution in [1.29, 1.82) is 0 Å². The predicted octanol–water partition coefficient (Wildman–Crippen LogP) is 3.12. The molecule has 2 aliphatic rings. The summed E-state index contributed by atoms with van der Waals surface area (Å²) >= 11 is 1.72. The average molecular weight is 333 g/mol. The lowest BCUT2D eigenvalue weighted by molar-refractivity contribution is -0.144. The third kappa shape index (κ3) is 2.78. The third-order valence-corrected chi connectivity index (χ3v) is 5.98. The van der Waals surface area contributed by atoms with E-state index in [2.05, 4.69) is 28.5 Å². The number of carboxylic acids is 1. The lowest BCUT2D eigenvalue weighted by atomic mass is 9.90. The molecule has 1 N–H and O–H groups in total. The molecule has 0 radical (unpaired) electrons. The van der Waals surface area contributed by atoms with Crippen molar-refractivity contribution in [2.24, 2.45) is 11.8 Å². The average Bonchev–Trinajstić information content (AvgIpc) is 3.18. The van der Waals surface area contributed by atoms with Crippen LogP contribution < -0.4 is 0 Å². The molecule has 0 aromatic carbocycles. The second kappa shape index (κ2) is 5.60. The minimum atomic E-state index is -0.661. The minimum absolute atomic E-state index is 0.243. The van der Waals surface area contributed by atoms with Gasteiger partial charge in [-0.15, -0.1) is 11.3 Å². The maximum atomic E-state index is 11.4. The van der Waals surface area contributed by atoms with Gasteiger partial charge in [-0.2, -0.15) is 0 Å². The molecule has 1 aliphatic heterocycles. The molecule has 1 aliphatic carbocycles. The van der Waals surface area contributed by atoms with E-state index in [0.717, 1.165) is 30.2 Å². The van der Waals surface area contributed by atoms with Crippen LogP contribution in [0.3, 0.4) is 0 Å². The Morgan fingerprint density at radius 2 is 2.22 bits per heavy atom. The zero-order chi connectivity index (χ0) is 16.1. The molecule has 0 amide bonds. The molecule has 3 heterocycles. The molecule has 23 heavy (non-hydrogen) atoms. The number of fused-ring (bicyclic) bond motifs is 1. The summed E-state index contributed by atoms with van der Waals surface area (Å²) in [6.45, 7) is 6.65. The smallest absolute Gasteiger partial charge is 0.307 e. The van der Waals surface area contributed by atoms with E-state index in [1.54, 1.807) is 11.3 Å². The van der Waals surface area contributed by atoms with Gasteiger partial charge >= 0.3 is 5.97 Å². The summed E-state index contributed by atoms with van der Waals surface area (Å²) in [7, 11) is 0. The zero-order valence-corrected chi connectivity index (χ0v) is 14.5. The van der Waals surface area contributed by atoms with E-state index < -0.39 is 5.97 Å². The van der Waals surface area contributed by atoms with Crippen LogP contribution in [-0.4, -0.2) is 38.4 Å². The highest BCUT2D eigenvalue weighted by atomic mass is 32.1. The number of aliphatic carboxylic acids is 1. The largest absolute Gasteiger partial charge is 0.481 e. The Bertz CT molecular complexity index is 746. The first-order valence-electron chi connectivity index (χ1n) is 8.43. The minimum Gasteiger partial charge on any atom is -0.481 e. The van der Waals surface area contributed by atoms with Gasteiger partial charge in [0.05, 0.1) is 17.3 Å². The number of aromatic nitrogens is 2. The number of carboxylic acid groups (broad SMARTS) is 1. The molecule has 1 saturated carbocycles. The number of rotatable bonds is 4. The molecule has 5 nitrogen and oxygen atoms in total. The number of imidazole rings is 1. The molecule has 2 fully saturated rings. The normalized spacial score (nSPS) is 26.0. The third-order valence-electron chi connectivity index (χ3n) is 5.14. The van der Waals surface area contributed by atoms with E-state index in [9.17, 15) is 9.90 Å². The first-order chi connectivity index (χ1) is 11.0. The van der Waals surface area contributed by atoms with Crippen LogP contribution in [0.1, 0.15) is 49.2 Å². The first-order valence-corrected chi connectivity index (χ1v) is 9.31. The van der Waals surface area contributed by atoms with Crippen LogP contribution in [0.4, 0.5) is 0 Å². The topological polar surface area (TPSA) is 57.8 Å². The van der Waals surface area contributed by atoms with Gasteiger partial charge in [0, 0.05) is 36.6 Å². The molecule has 0 spiro atoms. The SMILES string of the molecule is Cc1nc2scc(C3CC3)n2c1CN1CC(C)CC(C(=O)O)C1. The maximum absolute atomic E-state index is 11.4. The number of hydrogen-bond acceptors (Lipinski definition) is 4. The molecule has 2 aromatic rings. The Morgan fingerprint density at radius 3 is 2.91 bits per heavy atom. The zero-order valence-electron chi connectivity index (χ0n) is 13.7. The van der Waals surface area contributed by atoms with Crippen LogP contribution in [0.15, 0.2) is 5.38 Å². The molecule has 2 unspecified atom stereocenters. The monoisotopic (exact) mass is 333 g/mol. The number of hydrogen-bond donors (Lipinski definition) is 1. The summed E-state index contributed by atoms with van der Waals surface area (Å²) in [6, 6.07) is 0. The van der Waals surface area contributed by atoms with Crippen molar-refractivity contribution in [2.45, 2.75) is 45.6 Å². The van der Waals surface area contributed by atoms with Gasteiger partial charge in [-0.1, -0.05) is 6.92 Å². The fourth-order valence-corrected chi connectivity index (χ4v) is 4.91. The fraction of sp³-hybridized carbons (Fsp3) is 0.647. The van der Waals surface area contributed by atoms with Gasteiger partial charge in [0.1, 0.15) is 0 Å². The molecule has 2 aromatic heterocycles. The Hall–Kier alpha value is -1.40. The quantitative estimate of drug-likeness (QED) is 0.934. The molecule has 2 atom stereocenters. The first kappa shape index (κ1) is 15.1. The van der Waals surface area contributed by atoms with Gasteiger partial charge in [0.2, 0.25) is 0 Å². The number of likely N-dealkylation sites (tertiary alicyclic amines) is 1. The number of nitrogens with zero attached hydrogens (tertiary/aromatic N) is 3. The number of aryl methyl sites for hydroxylation is 1. The van der Waals surface area contributed by atoms with E-state index in [0.29, 0.717) is 18.4 Å². The van der Waals surface area contributed by atoms with E-state index in [1.165, 1.54) is 24.2 Å². The van der Waals surface area contributed by atoms with Gasteiger partial charge in [0.15, 0.2) is 4.96 Å². The van der Waals surface area contributed by atoms with Crippen molar-refractivity contribution in [3.8, 4) is 0 Å². The van der Waals surface area contributed by atoms with Crippen LogP contribution >= 0.6 is 11.3 Å². The summed E-state index contributed by atoms with van der Waals surface area (Å²) in [4.78, 5) is 19.5. The van der Waals surface area contributed by atoms with Crippen molar-refractivity contribution in [1.82, 2.24) is 14.3 Å². The molecular weight excluding hydrogens is 310 g/mol. The second-order valence-corrected chi connectivity index (χ2v) is 8.10. The van der Waals surface area contributed by atoms with Crippen molar-refractivity contribution in [3.63, 3.8) is 0 Å². The van der Waals surface area contributed by atoms with Crippen LogP contribution in [-0.2, 0) is 11.3 Å². The summed E-state index contributed by atoms with van der Waals surface area (Å²) in [5, 5.41) is 11.6. The van der Waals surface area contributed by atoms with Crippen LogP contribution in [0, 0.1) is 18.8 Å². The van der Waals surface area contributed by atoms with E-state index >= 15 is 0 Å². The summed E-state index contributed by atoms with van der Waals surface area (Å²) < 4.78 is 2.34. The van der Waals surface area contributed by atoms with Crippen LogP contribution in [0.5, 0.6) is 0 Å². The second-order valence-electron chi connectivity index (χ2n) is 7.27. The van der Waals surface area contributed by atoms with Crippen LogP contribution in [0.25, 0.3) is 4.96 Å². The highest BCUT2D eigenvalue weighted by Crippen LogP contribution is 2.42. The summed E-state index contributed by atoms with van der Waals surface area (Å²) in [6.07, 6.45) is 3.35. The van der Waals surface area contributed by atoms with Gasteiger partial charge < -0.3 is 5.11 Å². The maximum Gasteiger partial charge on any atom is 0.307 e. The Labute approximate surface area is 139 Å². The molecule has 6 heteroatoms. The Balaban J connectivity index is 1.63. The van der Waals surface area contributed by atoms with Gasteiger partial charge in [-0.25, -0.2) is 4.98 Å². The fourth-order valence-electron chi connectivity index (χ4n) is 3.87. The van der Waals surface area contributed by atoms with Crippen molar-refractivity contribution in [3.05, 3.63) is 22.5 Å². The van der Waals surface area contributed by atoms with Gasteiger partial charge in [-0.3, -0.25) is 14.1 Å². The molecule has 4 rings (SSSR count). The van der Waals surface area contributed by atoms with Crippen molar-refractivity contribution >= 4 is 22.3 Å². The number of carbonyl (C=O) groups is 1. The Morgan fingerprint density at radius 1 is 1.43 bits per heavy atom. The van der Waals surface area contributed by atoms with Crippen molar-refractivity contribution in [2.75, 3.05) is 13.1 Å². The van der Waals surface area contributed by atoms with E-state index in [1.807, 2.05) is 0 Å². The molecule has 0 bridgehead atoms. The molecule has 124 valence electrons. The lowest BCUT2D eigenvalue weighted by Crippen LogP contribution is -2.42. The van der Waals surface area contributed by atoms with Crippen molar-refractivity contribution < 1.29 is 9.90 Å². The Kier molecular flexibility index (Phi) is 3.69. The van der Waals surface area contributed by atoms with E-state index in [-0.39, 0.29) is 5.92 Å². The number of thiazole rings is 1. The van der Waals surface area contributed by atoms with Crippen LogP contribution in [0.2, 0.25) is 0 Å². The standard InChI is InChI=1S/C17H23N3O2S/c1-10-5-13(16(21)22)7-19(6-10)8-14-11(2)18-17-20(14)15(9-23-17)12-3-4-12/h9-10,12-13H,3-8H2,1-2H3,(H,21,22). The lowest BCUT2D eigenvalue weighted by Gasteiger charge is -2.34. The summed E-state index contributed by atoms with van der Waals surface area (Å²) in [5.74, 6) is 0.223. The number of piperidine rings is 1. The van der Waals surface area contributed by atoms with Gasteiger partial charge in [0.25, 0.3) is 0 Å². The summed E-state index contributed by atoms with van der Waals surface area (Å²) in [5.41, 5.74) is 3.74. The van der Waals surface area contributed by atoms with E-state index in [4.69, 9.17) is 4.98 Å². The highest BCUT2D eigenvalue weighted by molar-refractivity contribution is 7.15. The van der Waals surface area contributed by atoms with Gasteiger partial charge in [-0.05, 0) is 32.1 Å². The molecular formula is C17H23N3O2S. The molecule has 1 saturated heterocycles. The highest BCUT2D eigenvalue weighted by Gasteiger charge is 2.32. The predicted molar refractivity (Wildman–Crippen MR) is 90.0 cm³/mol.